The van der Waals surface area contributed by atoms with E-state index < -0.39 is 11.0 Å². The summed E-state index contributed by atoms with van der Waals surface area (Å²) in [6.07, 6.45) is 7.80. The average molecular weight is 441 g/mol. The van der Waals surface area contributed by atoms with Gasteiger partial charge >= 0.3 is 6.09 Å². The number of amides is 1. The molecule has 1 fully saturated rings. The zero-order chi connectivity index (χ0) is 22.8. The quantitative estimate of drug-likeness (QED) is 0.272. The highest BCUT2D eigenvalue weighted by Crippen LogP contribution is 2.39. The third kappa shape index (κ3) is 7.05. The van der Waals surface area contributed by atoms with Crippen LogP contribution in [0.5, 0.6) is 0 Å². The van der Waals surface area contributed by atoms with E-state index in [1.165, 1.54) is 49.1 Å². The minimum atomic E-state index is -0.560. The Bertz CT molecular complexity index is 862. The first-order valence-electron chi connectivity index (χ1n) is 11.3. The van der Waals surface area contributed by atoms with Crippen LogP contribution in [0.2, 0.25) is 0 Å². The maximum absolute atomic E-state index is 12.0. The molecule has 0 atom stereocenters. The summed E-state index contributed by atoms with van der Waals surface area (Å²) < 4.78 is 11.2. The van der Waals surface area contributed by atoms with Gasteiger partial charge in [-0.2, -0.15) is 0 Å². The van der Waals surface area contributed by atoms with Crippen molar-refractivity contribution in [3.05, 3.63) is 70.3 Å². The van der Waals surface area contributed by atoms with Crippen molar-refractivity contribution in [3.63, 3.8) is 0 Å². The minimum absolute atomic E-state index is 0.0245. The van der Waals surface area contributed by atoms with Gasteiger partial charge in [0.2, 0.25) is 0 Å². The molecule has 3 rings (SSSR count). The van der Waals surface area contributed by atoms with E-state index in [1.807, 2.05) is 0 Å². The molecule has 0 heterocycles. The van der Waals surface area contributed by atoms with Gasteiger partial charge in [-0.25, -0.2) is 4.79 Å². The summed E-state index contributed by atoms with van der Waals surface area (Å²) in [6.45, 7) is 0.307. The van der Waals surface area contributed by atoms with Gasteiger partial charge in [-0.1, -0.05) is 30.3 Å². The molecule has 32 heavy (non-hydrogen) atoms. The van der Waals surface area contributed by atoms with E-state index in [0.717, 1.165) is 38.0 Å². The SMILES string of the molecule is COC1(CCCOC(=O)Nc2ccc([N+](=O)[O-])cc2)CCC(CCc2ccccc2)CC1. The van der Waals surface area contributed by atoms with Crippen LogP contribution in [0.1, 0.15) is 50.5 Å². The molecular formula is C25H32N2O5. The Hall–Kier alpha value is -2.93. The first kappa shape index (κ1) is 23.7. The molecule has 1 aliphatic rings. The van der Waals surface area contributed by atoms with Gasteiger partial charge in [0.25, 0.3) is 5.69 Å². The maximum Gasteiger partial charge on any atom is 0.411 e. The summed E-state index contributed by atoms with van der Waals surface area (Å²) in [5, 5.41) is 13.3. The number of carbonyl (C=O) groups is 1. The Balaban J connectivity index is 1.34. The Morgan fingerprint density at radius 2 is 1.81 bits per heavy atom. The summed E-state index contributed by atoms with van der Waals surface area (Å²) >= 11 is 0. The number of nitro groups is 1. The highest BCUT2D eigenvalue weighted by Gasteiger charge is 2.34. The van der Waals surface area contributed by atoms with Crippen molar-refractivity contribution in [2.45, 2.75) is 57.0 Å². The molecule has 1 amide bonds. The Morgan fingerprint density at radius 3 is 2.44 bits per heavy atom. The van der Waals surface area contributed by atoms with Crippen molar-refractivity contribution < 1.29 is 19.2 Å². The fourth-order valence-corrected chi connectivity index (χ4v) is 4.44. The number of benzene rings is 2. The zero-order valence-corrected chi connectivity index (χ0v) is 18.6. The number of non-ortho nitro benzene ring substituents is 1. The predicted molar refractivity (Wildman–Crippen MR) is 124 cm³/mol. The van der Waals surface area contributed by atoms with Crippen LogP contribution in [-0.2, 0) is 15.9 Å². The second kappa shape index (κ2) is 11.6. The number of aryl methyl sites for hydroxylation is 1. The summed E-state index contributed by atoms with van der Waals surface area (Å²) in [7, 11) is 1.78. The monoisotopic (exact) mass is 440 g/mol. The van der Waals surface area contributed by atoms with E-state index in [2.05, 4.69) is 35.6 Å². The number of hydrogen-bond acceptors (Lipinski definition) is 5. The van der Waals surface area contributed by atoms with Crippen LogP contribution in [0.15, 0.2) is 54.6 Å². The van der Waals surface area contributed by atoms with Crippen LogP contribution in [0.3, 0.4) is 0 Å². The number of ether oxygens (including phenoxy) is 2. The Labute approximate surface area is 189 Å². The standard InChI is InChI=1S/C25H32N2O5/c1-31-25(17-14-21(15-18-25)9-8-20-6-3-2-4-7-20)16-5-19-32-24(28)26-22-10-12-23(13-11-22)27(29)30/h2-4,6-7,10-13,21H,5,8-9,14-19H2,1H3,(H,26,28). The molecule has 172 valence electrons. The number of carbonyl (C=O) groups excluding carboxylic acids is 1. The molecule has 2 aromatic rings. The van der Waals surface area contributed by atoms with E-state index in [4.69, 9.17) is 9.47 Å². The fraction of sp³-hybridized carbons (Fsp3) is 0.480. The molecule has 0 unspecified atom stereocenters. The Morgan fingerprint density at radius 1 is 1.12 bits per heavy atom. The van der Waals surface area contributed by atoms with Crippen molar-refractivity contribution in [2.24, 2.45) is 5.92 Å². The average Bonchev–Trinajstić information content (AvgIpc) is 2.82. The zero-order valence-electron chi connectivity index (χ0n) is 18.6. The van der Waals surface area contributed by atoms with Gasteiger partial charge < -0.3 is 9.47 Å². The Kier molecular flexibility index (Phi) is 8.62. The maximum atomic E-state index is 12.0. The van der Waals surface area contributed by atoms with Gasteiger partial charge in [0.15, 0.2) is 0 Å². The van der Waals surface area contributed by atoms with Gasteiger partial charge in [0, 0.05) is 24.9 Å². The molecule has 1 N–H and O–H groups in total. The first-order valence-corrected chi connectivity index (χ1v) is 11.3. The number of anilines is 1. The third-order valence-electron chi connectivity index (χ3n) is 6.47. The smallest absolute Gasteiger partial charge is 0.411 e. The number of nitrogens with zero attached hydrogens (tertiary/aromatic N) is 1. The summed E-state index contributed by atoms with van der Waals surface area (Å²) in [5.74, 6) is 0.738. The predicted octanol–water partition coefficient (Wildman–Crippen LogP) is 6.13. The van der Waals surface area contributed by atoms with Crippen LogP contribution < -0.4 is 5.32 Å². The topological polar surface area (TPSA) is 90.7 Å². The molecule has 2 aromatic carbocycles. The lowest BCUT2D eigenvalue weighted by Gasteiger charge is -2.39. The fourth-order valence-electron chi connectivity index (χ4n) is 4.44. The highest BCUT2D eigenvalue weighted by molar-refractivity contribution is 5.84. The number of nitro benzene ring substituents is 1. The van der Waals surface area contributed by atoms with Crippen LogP contribution in [0.4, 0.5) is 16.2 Å². The lowest BCUT2D eigenvalue weighted by atomic mass is 9.75. The van der Waals surface area contributed by atoms with Crippen molar-refractivity contribution >= 4 is 17.5 Å². The van der Waals surface area contributed by atoms with Crippen molar-refractivity contribution in [1.29, 1.82) is 0 Å². The molecule has 7 heteroatoms. The minimum Gasteiger partial charge on any atom is -0.449 e. The van der Waals surface area contributed by atoms with Crippen LogP contribution in [0, 0.1) is 16.0 Å². The van der Waals surface area contributed by atoms with Crippen LogP contribution in [0.25, 0.3) is 0 Å². The van der Waals surface area contributed by atoms with Crippen molar-refractivity contribution in [1.82, 2.24) is 0 Å². The molecule has 0 radical (unpaired) electrons. The highest BCUT2D eigenvalue weighted by atomic mass is 16.6. The number of hydrogen-bond donors (Lipinski definition) is 1. The van der Waals surface area contributed by atoms with Gasteiger partial charge in [-0.05, 0) is 75.0 Å². The van der Waals surface area contributed by atoms with E-state index in [-0.39, 0.29) is 11.3 Å². The van der Waals surface area contributed by atoms with E-state index in [1.54, 1.807) is 7.11 Å². The number of rotatable bonds is 10. The van der Waals surface area contributed by atoms with Gasteiger partial charge in [0.05, 0.1) is 17.1 Å². The molecule has 0 spiro atoms. The molecule has 0 aliphatic heterocycles. The van der Waals surface area contributed by atoms with E-state index >= 15 is 0 Å². The van der Waals surface area contributed by atoms with Crippen molar-refractivity contribution in [2.75, 3.05) is 19.0 Å². The summed E-state index contributed by atoms with van der Waals surface area (Å²) in [4.78, 5) is 22.2. The molecule has 1 aliphatic carbocycles. The van der Waals surface area contributed by atoms with Crippen LogP contribution >= 0.6 is 0 Å². The molecule has 0 saturated heterocycles. The van der Waals surface area contributed by atoms with Gasteiger partial charge in [-0.15, -0.1) is 0 Å². The third-order valence-corrected chi connectivity index (χ3v) is 6.47. The summed E-state index contributed by atoms with van der Waals surface area (Å²) in [6, 6.07) is 16.3. The van der Waals surface area contributed by atoms with Gasteiger partial charge in [-0.3, -0.25) is 15.4 Å². The second-order valence-corrected chi connectivity index (χ2v) is 8.52. The normalized spacial score (nSPS) is 20.5. The molecule has 0 aromatic heterocycles. The first-order chi connectivity index (χ1) is 15.5. The summed E-state index contributed by atoms with van der Waals surface area (Å²) in [5.41, 5.74) is 1.72. The largest absolute Gasteiger partial charge is 0.449 e. The van der Waals surface area contributed by atoms with Gasteiger partial charge in [0.1, 0.15) is 0 Å². The lowest BCUT2D eigenvalue weighted by molar-refractivity contribution is -0.384. The van der Waals surface area contributed by atoms with Crippen LogP contribution in [-0.4, -0.2) is 30.3 Å². The number of methoxy groups -OCH3 is 1. The molecule has 1 saturated carbocycles. The molecule has 0 bridgehead atoms. The second-order valence-electron chi connectivity index (χ2n) is 8.52. The molecule has 7 nitrogen and oxygen atoms in total. The van der Waals surface area contributed by atoms with E-state index in [9.17, 15) is 14.9 Å². The number of nitrogens with one attached hydrogen (secondary N) is 1. The van der Waals surface area contributed by atoms with E-state index in [0.29, 0.717) is 12.3 Å². The molecular weight excluding hydrogens is 408 g/mol. The van der Waals surface area contributed by atoms with Crippen molar-refractivity contribution in [3.8, 4) is 0 Å². The lowest BCUT2D eigenvalue weighted by Crippen LogP contribution is -2.36.